The molecule has 0 aliphatic carbocycles. The van der Waals surface area contributed by atoms with Gasteiger partial charge in [-0.05, 0) is 44.2 Å². The van der Waals surface area contributed by atoms with Gasteiger partial charge in [0.15, 0.2) is 5.03 Å². The van der Waals surface area contributed by atoms with E-state index >= 15 is 0 Å². The van der Waals surface area contributed by atoms with Crippen LogP contribution in [0.3, 0.4) is 0 Å². The molecule has 1 aromatic heterocycles. The maximum atomic E-state index is 12.7. The van der Waals surface area contributed by atoms with E-state index in [1.54, 1.807) is 7.05 Å². The van der Waals surface area contributed by atoms with Crippen molar-refractivity contribution in [2.75, 3.05) is 26.2 Å². The molecule has 2 N–H and O–H groups in total. The molecule has 0 spiro atoms. The number of sulfonamides is 1. The van der Waals surface area contributed by atoms with Crippen molar-refractivity contribution >= 4 is 28.3 Å². The molecule has 1 amide bonds. The minimum atomic E-state index is -3.53. The number of piperidine rings is 1. The molecule has 2 aliphatic heterocycles. The molecule has 3 rings (SSSR count). The van der Waals surface area contributed by atoms with Crippen LogP contribution in [0.25, 0.3) is 0 Å². The van der Waals surface area contributed by atoms with Crippen LogP contribution in [-0.4, -0.2) is 60.6 Å². The van der Waals surface area contributed by atoms with E-state index in [1.165, 1.54) is 21.3 Å². The zero-order valence-corrected chi connectivity index (χ0v) is 16.0. The number of aromatic nitrogens is 2. The average molecular weight is 392 g/mol. The summed E-state index contributed by atoms with van der Waals surface area (Å²) in [6.07, 6.45) is 5.12. The molecular weight excluding hydrogens is 366 g/mol. The van der Waals surface area contributed by atoms with E-state index in [2.05, 4.69) is 15.7 Å². The fourth-order valence-corrected chi connectivity index (χ4v) is 5.09. The van der Waals surface area contributed by atoms with E-state index in [9.17, 15) is 13.2 Å². The Kier molecular flexibility index (Phi) is 6.84. The molecular formula is C15H26ClN5O3S. The predicted octanol–water partition coefficient (Wildman–Crippen LogP) is 0.111. The van der Waals surface area contributed by atoms with Crippen LogP contribution in [0.1, 0.15) is 25.7 Å². The van der Waals surface area contributed by atoms with Crippen LogP contribution < -0.4 is 10.6 Å². The van der Waals surface area contributed by atoms with Crippen molar-refractivity contribution in [3.63, 3.8) is 0 Å². The molecule has 10 heteroatoms. The number of carbonyl (C=O) groups excluding carboxylic acids is 1. The average Bonchev–Trinajstić information content (AvgIpc) is 3.24. The van der Waals surface area contributed by atoms with Crippen molar-refractivity contribution in [3.05, 3.63) is 12.3 Å². The van der Waals surface area contributed by atoms with Crippen LogP contribution in [0.2, 0.25) is 0 Å². The van der Waals surface area contributed by atoms with Gasteiger partial charge in [0.2, 0.25) is 5.91 Å². The van der Waals surface area contributed by atoms with E-state index in [4.69, 9.17) is 0 Å². The molecule has 0 saturated carbocycles. The Balaban J connectivity index is 0.00000225. The van der Waals surface area contributed by atoms with Gasteiger partial charge in [-0.2, -0.15) is 9.40 Å². The first kappa shape index (κ1) is 20.2. The number of carbonyl (C=O) groups is 1. The van der Waals surface area contributed by atoms with Gasteiger partial charge in [0.05, 0.1) is 12.2 Å². The number of hydrogen-bond donors (Lipinski definition) is 2. The van der Waals surface area contributed by atoms with Gasteiger partial charge in [0, 0.05) is 26.7 Å². The normalized spacial score (nSPS) is 24.7. The summed E-state index contributed by atoms with van der Waals surface area (Å²) in [6, 6.07) is 1.43. The fourth-order valence-electron chi connectivity index (χ4n) is 3.44. The molecule has 1 aromatic rings. The van der Waals surface area contributed by atoms with Crippen LogP contribution in [-0.2, 0) is 21.9 Å². The molecule has 142 valence electrons. The lowest BCUT2D eigenvalue weighted by Gasteiger charge is -2.32. The molecule has 2 fully saturated rings. The van der Waals surface area contributed by atoms with Crippen LogP contribution in [0.5, 0.6) is 0 Å². The Labute approximate surface area is 154 Å². The largest absolute Gasteiger partial charge is 0.354 e. The second kappa shape index (κ2) is 8.48. The van der Waals surface area contributed by atoms with E-state index in [-0.39, 0.29) is 35.3 Å². The number of nitrogens with zero attached hydrogens (tertiary/aromatic N) is 3. The van der Waals surface area contributed by atoms with Crippen LogP contribution in [0, 0.1) is 5.92 Å². The number of rotatable bonds is 5. The van der Waals surface area contributed by atoms with E-state index < -0.39 is 10.0 Å². The second-order valence-corrected chi connectivity index (χ2v) is 8.44. The van der Waals surface area contributed by atoms with Crippen LogP contribution in [0.15, 0.2) is 17.3 Å². The highest BCUT2D eigenvalue weighted by Crippen LogP contribution is 2.23. The molecule has 0 aromatic carbocycles. The molecule has 2 unspecified atom stereocenters. The quantitative estimate of drug-likeness (QED) is 0.742. The van der Waals surface area contributed by atoms with Gasteiger partial charge in [0.25, 0.3) is 10.0 Å². The predicted molar refractivity (Wildman–Crippen MR) is 96.0 cm³/mol. The van der Waals surface area contributed by atoms with Gasteiger partial charge in [-0.3, -0.25) is 9.48 Å². The Hall–Kier alpha value is -1.16. The highest BCUT2D eigenvalue weighted by Gasteiger charge is 2.32. The van der Waals surface area contributed by atoms with Gasteiger partial charge in [0.1, 0.15) is 0 Å². The molecule has 25 heavy (non-hydrogen) atoms. The number of aryl methyl sites for hydroxylation is 1. The van der Waals surface area contributed by atoms with E-state index in [0.717, 1.165) is 32.2 Å². The summed E-state index contributed by atoms with van der Waals surface area (Å²) in [5, 5.41) is 10.3. The van der Waals surface area contributed by atoms with Crippen molar-refractivity contribution in [1.82, 2.24) is 24.7 Å². The highest BCUT2D eigenvalue weighted by molar-refractivity contribution is 7.89. The third-order valence-electron chi connectivity index (χ3n) is 4.80. The zero-order chi connectivity index (χ0) is 17.2. The van der Waals surface area contributed by atoms with Crippen molar-refractivity contribution in [1.29, 1.82) is 0 Å². The number of hydrogen-bond acceptors (Lipinski definition) is 5. The maximum Gasteiger partial charge on any atom is 0.260 e. The molecule has 3 heterocycles. The molecule has 2 aliphatic rings. The first-order valence-corrected chi connectivity index (χ1v) is 9.92. The van der Waals surface area contributed by atoms with Gasteiger partial charge in [-0.25, -0.2) is 8.42 Å². The first-order valence-electron chi connectivity index (χ1n) is 8.48. The summed E-state index contributed by atoms with van der Waals surface area (Å²) in [6.45, 7) is 2.36. The molecule has 8 nitrogen and oxygen atoms in total. The van der Waals surface area contributed by atoms with Gasteiger partial charge < -0.3 is 10.6 Å². The number of amides is 1. The van der Waals surface area contributed by atoms with Crippen molar-refractivity contribution in [2.45, 2.75) is 36.8 Å². The summed E-state index contributed by atoms with van der Waals surface area (Å²) < 4.78 is 28.4. The van der Waals surface area contributed by atoms with Crippen molar-refractivity contribution in [3.8, 4) is 0 Å². The van der Waals surface area contributed by atoms with E-state index in [1.807, 2.05) is 0 Å². The SMILES string of the molecule is Cl.Cn1nccc1S(=O)(=O)N1CCCC(CNC(=O)C2CCCN2)C1. The topological polar surface area (TPSA) is 96.3 Å². The highest BCUT2D eigenvalue weighted by atomic mass is 35.5. The summed E-state index contributed by atoms with van der Waals surface area (Å²) >= 11 is 0. The van der Waals surface area contributed by atoms with Crippen LogP contribution >= 0.6 is 12.4 Å². The first-order chi connectivity index (χ1) is 11.5. The lowest BCUT2D eigenvalue weighted by molar-refractivity contribution is -0.123. The number of nitrogens with one attached hydrogen (secondary N) is 2. The molecule has 0 bridgehead atoms. The van der Waals surface area contributed by atoms with Gasteiger partial charge >= 0.3 is 0 Å². The maximum absolute atomic E-state index is 12.7. The smallest absolute Gasteiger partial charge is 0.260 e. The number of halogens is 1. The Morgan fingerprint density at radius 2 is 2.20 bits per heavy atom. The Morgan fingerprint density at radius 3 is 2.84 bits per heavy atom. The Bertz CT molecular complexity index is 687. The van der Waals surface area contributed by atoms with Crippen molar-refractivity contribution in [2.24, 2.45) is 13.0 Å². The van der Waals surface area contributed by atoms with Gasteiger partial charge in [-0.15, -0.1) is 12.4 Å². The summed E-state index contributed by atoms with van der Waals surface area (Å²) in [4.78, 5) is 12.1. The third kappa shape index (κ3) is 4.52. The molecule has 0 radical (unpaired) electrons. The summed E-state index contributed by atoms with van der Waals surface area (Å²) in [7, 11) is -1.90. The van der Waals surface area contributed by atoms with Gasteiger partial charge in [-0.1, -0.05) is 0 Å². The monoisotopic (exact) mass is 391 g/mol. The summed E-state index contributed by atoms with van der Waals surface area (Å²) in [5.41, 5.74) is 0. The lowest BCUT2D eigenvalue weighted by atomic mass is 9.99. The minimum Gasteiger partial charge on any atom is -0.354 e. The molecule has 2 saturated heterocycles. The fraction of sp³-hybridized carbons (Fsp3) is 0.733. The standard InChI is InChI=1S/C15H25N5O3S.ClH/c1-19-14(6-8-18-19)24(22,23)20-9-3-4-12(11-20)10-17-15(21)13-5-2-7-16-13;/h6,8,12-13,16H,2-5,7,9-11H2,1H3,(H,17,21);1H. The lowest BCUT2D eigenvalue weighted by Crippen LogP contribution is -2.46. The molecule has 2 atom stereocenters. The second-order valence-electron chi connectivity index (χ2n) is 6.56. The summed E-state index contributed by atoms with van der Waals surface area (Å²) in [5.74, 6) is 0.172. The van der Waals surface area contributed by atoms with Crippen molar-refractivity contribution < 1.29 is 13.2 Å². The zero-order valence-electron chi connectivity index (χ0n) is 14.3. The van der Waals surface area contributed by atoms with E-state index in [0.29, 0.717) is 19.6 Å². The Morgan fingerprint density at radius 1 is 1.40 bits per heavy atom. The van der Waals surface area contributed by atoms with Crippen LogP contribution in [0.4, 0.5) is 0 Å². The third-order valence-corrected chi connectivity index (χ3v) is 6.74. The minimum absolute atomic E-state index is 0.